The number of carboxylic acid groups (broad SMARTS) is 1. The van der Waals surface area contributed by atoms with E-state index < -0.39 is 5.97 Å². The number of aromatic nitrogens is 2. The Labute approximate surface area is 127 Å². The molecular weight excluding hydrogens is 294 g/mol. The first-order valence-corrected chi connectivity index (χ1v) is 8.82. The number of hydrogen-bond donors (Lipinski definition) is 1. The molecule has 20 heavy (non-hydrogen) atoms. The van der Waals surface area contributed by atoms with Crippen molar-refractivity contribution in [3.63, 3.8) is 0 Å². The van der Waals surface area contributed by atoms with Crippen molar-refractivity contribution in [2.24, 2.45) is 5.41 Å². The standard InChI is InChI=1S/C13H21N3O2S2/c1-3-13(4-2)5-7-16(8-6-13)11-14-15-12(20-11)19-9-10(17)18/h3-9H2,1-2H3,(H,17,18). The van der Waals surface area contributed by atoms with E-state index in [1.165, 1.54) is 48.8 Å². The Balaban J connectivity index is 1.92. The number of carbonyl (C=O) groups is 1. The minimum Gasteiger partial charge on any atom is -0.481 e. The van der Waals surface area contributed by atoms with Crippen molar-refractivity contribution in [3.05, 3.63) is 0 Å². The number of anilines is 1. The molecule has 7 heteroatoms. The molecule has 0 spiro atoms. The Morgan fingerprint density at radius 3 is 2.55 bits per heavy atom. The van der Waals surface area contributed by atoms with Crippen LogP contribution in [0.25, 0.3) is 0 Å². The highest BCUT2D eigenvalue weighted by Crippen LogP contribution is 2.40. The van der Waals surface area contributed by atoms with E-state index in [0.29, 0.717) is 5.41 Å². The Morgan fingerprint density at radius 1 is 1.35 bits per heavy atom. The Kier molecular flexibility index (Phi) is 5.26. The predicted molar refractivity (Wildman–Crippen MR) is 82.7 cm³/mol. The summed E-state index contributed by atoms with van der Waals surface area (Å²) in [6, 6.07) is 0. The average molecular weight is 315 g/mol. The molecule has 2 rings (SSSR count). The third kappa shape index (κ3) is 3.63. The van der Waals surface area contributed by atoms with Gasteiger partial charge in [0.25, 0.3) is 0 Å². The topological polar surface area (TPSA) is 66.3 Å². The lowest BCUT2D eigenvalue weighted by molar-refractivity contribution is -0.133. The summed E-state index contributed by atoms with van der Waals surface area (Å²) < 4.78 is 0.741. The lowest BCUT2D eigenvalue weighted by atomic mass is 9.74. The van der Waals surface area contributed by atoms with Crippen molar-refractivity contribution in [2.45, 2.75) is 43.9 Å². The predicted octanol–water partition coefficient (Wildman–Crippen LogP) is 3.12. The maximum absolute atomic E-state index is 10.5. The van der Waals surface area contributed by atoms with Gasteiger partial charge in [-0.05, 0) is 18.3 Å². The van der Waals surface area contributed by atoms with Gasteiger partial charge in [0.15, 0.2) is 4.34 Å². The van der Waals surface area contributed by atoms with Crippen LogP contribution in [0.5, 0.6) is 0 Å². The second-order valence-corrected chi connectivity index (χ2v) is 7.41. The minimum atomic E-state index is -0.819. The summed E-state index contributed by atoms with van der Waals surface area (Å²) in [5.41, 5.74) is 0.502. The molecule has 1 aliphatic heterocycles. The van der Waals surface area contributed by atoms with Crippen LogP contribution < -0.4 is 4.90 Å². The van der Waals surface area contributed by atoms with Gasteiger partial charge in [0.1, 0.15) is 0 Å². The van der Waals surface area contributed by atoms with E-state index in [1.54, 1.807) is 0 Å². The maximum Gasteiger partial charge on any atom is 0.313 e. The number of hydrogen-bond acceptors (Lipinski definition) is 6. The Hall–Kier alpha value is -0.820. The molecule has 0 aromatic carbocycles. The molecule has 0 aliphatic carbocycles. The fraction of sp³-hybridized carbons (Fsp3) is 0.769. The summed E-state index contributed by atoms with van der Waals surface area (Å²) in [4.78, 5) is 12.8. The number of rotatable bonds is 6. The van der Waals surface area contributed by atoms with E-state index >= 15 is 0 Å². The van der Waals surface area contributed by atoms with Gasteiger partial charge in [-0.2, -0.15) is 0 Å². The highest BCUT2D eigenvalue weighted by atomic mass is 32.2. The van der Waals surface area contributed by atoms with E-state index in [4.69, 9.17) is 5.11 Å². The van der Waals surface area contributed by atoms with Gasteiger partial charge in [0, 0.05) is 13.1 Å². The van der Waals surface area contributed by atoms with Crippen molar-refractivity contribution in [2.75, 3.05) is 23.7 Å². The van der Waals surface area contributed by atoms with Gasteiger partial charge in [-0.15, -0.1) is 10.2 Å². The van der Waals surface area contributed by atoms with Crippen LogP contribution in [-0.2, 0) is 4.79 Å². The zero-order valence-corrected chi connectivity index (χ0v) is 13.6. The van der Waals surface area contributed by atoms with Gasteiger partial charge in [-0.1, -0.05) is 49.8 Å². The van der Waals surface area contributed by atoms with Crippen LogP contribution in [-0.4, -0.2) is 40.1 Å². The molecule has 2 heterocycles. The summed E-state index contributed by atoms with van der Waals surface area (Å²) in [5, 5.41) is 17.9. The van der Waals surface area contributed by atoms with Crippen molar-refractivity contribution in [3.8, 4) is 0 Å². The van der Waals surface area contributed by atoms with Crippen LogP contribution in [0.1, 0.15) is 39.5 Å². The molecule has 1 saturated heterocycles. The monoisotopic (exact) mass is 315 g/mol. The summed E-state index contributed by atoms with van der Waals surface area (Å²) in [5.74, 6) is -0.774. The second kappa shape index (κ2) is 6.76. The zero-order chi connectivity index (χ0) is 14.6. The first-order chi connectivity index (χ1) is 9.58. The van der Waals surface area contributed by atoms with Gasteiger partial charge in [-0.25, -0.2) is 0 Å². The van der Waals surface area contributed by atoms with E-state index in [9.17, 15) is 4.79 Å². The molecule has 5 nitrogen and oxygen atoms in total. The maximum atomic E-state index is 10.5. The van der Waals surface area contributed by atoms with Crippen molar-refractivity contribution < 1.29 is 9.90 Å². The van der Waals surface area contributed by atoms with Gasteiger partial charge in [0.2, 0.25) is 5.13 Å². The number of piperidine rings is 1. The third-order valence-electron chi connectivity index (χ3n) is 4.31. The van der Waals surface area contributed by atoms with Gasteiger partial charge >= 0.3 is 5.97 Å². The first-order valence-electron chi connectivity index (χ1n) is 7.01. The van der Waals surface area contributed by atoms with Crippen molar-refractivity contribution in [1.29, 1.82) is 0 Å². The van der Waals surface area contributed by atoms with Crippen LogP contribution in [0.15, 0.2) is 4.34 Å². The fourth-order valence-corrected chi connectivity index (χ4v) is 4.25. The number of carboxylic acids is 1. The molecular formula is C13H21N3O2S2. The summed E-state index contributed by atoms with van der Waals surface area (Å²) in [6.45, 7) is 6.62. The number of nitrogens with zero attached hydrogens (tertiary/aromatic N) is 3. The van der Waals surface area contributed by atoms with Crippen molar-refractivity contribution >= 4 is 34.2 Å². The largest absolute Gasteiger partial charge is 0.481 e. The van der Waals surface area contributed by atoms with Gasteiger partial charge < -0.3 is 10.0 Å². The summed E-state index contributed by atoms with van der Waals surface area (Å²) in [6.07, 6.45) is 4.90. The molecule has 0 amide bonds. The smallest absolute Gasteiger partial charge is 0.313 e. The fourth-order valence-electron chi connectivity index (χ4n) is 2.64. The van der Waals surface area contributed by atoms with Crippen LogP contribution in [0.2, 0.25) is 0 Å². The molecule has 0 bridgehead atoms. The molecule has 0 radical (unpaired) electrons. The molecule has 1 aromatic heterocycles. The van der Waals surface area contributed by atoms with Crippen molar-refractivity contribution in [1.82, 2.24) is 10.2 Å². The minimum absolute atomic E-state index is 0.0451. The van der Waals surface area contributed by atoms with Gasteiger partial charge in [0.05, 0.1) is 5.75 Å². The Bertz CT molecular complexity index is 450. The van der Waals surface area contributed by atoms with E-state index in [1.807, 2.05) is 0 Å². The lowest BCUT2D eigenvalue weighted by Crippen LogP contribution is -2.39. The zero-order valence-electron chi connectivity index (χ0n) is 12.0. The highest BCUT2D eigenvalue weighted by molar-refractivity contribution is 8.01. The first kappa shape index (κ1) is 15.6. The third-order valence-corrected chi connectivity index (χ3v) is 6.41. The molecule has 0 saturated carbocycles. The quantitative estimate of drug-likeness (QED) is 0.814. The number of thioether (sulfide) groups is 1. The molecule has 1 aromatic rings. The average Bonchev–Trinajstić information content (AvgIpc) is 2.94. The molecule has 1 fully saturated rings. The molecule has 1 N–H and O–H groups in total. The van der Waals surface area contributed by atoms with Crippen LogP contribution >= 0.6 is 23.1 Å². The highest BCUT2D eigenvalue weighted by Gasteiger charge is 2.32. The summed E-state index contributed by atoms with van der Waals surface area (Å²) in [7, 11) is 0. The SMILES string of the molecule is CCC1(CC)CCN(c2nnc(SCC(=O)O)s2)CC1. The normalized spacial score (nSPS) is 18.2. The Morgan fingerprint density at radius 2 is 2.00 bits per heavy atom. The van der Waals surface area contributed by atoms with Crippen LogP contribution in [0.4, 0.5) is 5.13 Å². The van der Waals surface area contributed by atoms with E-state index in [2.05, 4.69) is 28.9 Å². The second-order valence-electron chi connectivity index (χ2n) is 5.23. The lowest BCUT2D eigenvalue weighted by Gasteiger charge is -2.40. The van der Waals surface area contributed by atoms with Gasteiger partial charge in [-0.3, -0.25) is 4.79 Å². The molecule has 1 aliphatic rings. The molecule has 0 atom stereocenters. The molecule has 0 unspecified atom stereocenters. The summed E-state index contributed by atoms with van der Waals surface area (Å²) >= 11 is 2.74. The van der Waals surface area contributed by atoms with E-state index in [-0.39, 0.29) is 5.75 Å². The van der Waals surface area contributed by atoms with Crippen LogP contribution in [0.3, 0.4) is 0 Å². The number of aliphatic carboxylic acids is 1. The van der Waals surface area contributed by atoms with E-state index in [0.717, 1.165) is 22.6 Å². The molecule has 112 valence electrons. The van der Waals surface area contributed by atoms with Crippen LogP contribution in [0, 0.1) is 5.41 Å².